The number of benzene rings is 1. The van der Waals surface area contributed by atoms with E-state index < -0.39 is 0 Å². The van der Waals surface area contributed by atoms with Crippen LogP contribution in [0.3, 0.4) is 0 Å². The summed E-state index contributed by atoms with van der Waals surface area (Å²) < 4.78 is 6.70. The molecule has 2 aliphatic heterocycles. The first-order valence-corrected chi connectivity index (χ1v) is 8.57. The first-order chi connectivity index (χ1) is 11.2. The Morgan fingerprint density at radius 1 is 1.35 bits per heavy atom. The van der Waals surface area contributed by atoms with Gasteiger partial charge in [0.15, 0.2) is 0 Å². The van der Waals surface area contributed by atoms with Crippen molar-refractivity contribution in [3.05, 3.63) is 29.3 Å². The fourth-order valence-corrected chi connectivity index (χ4v) is 4.04. The number of fused-ring (bicyclic) bond motifs is 1. The number of rotatable bonds is 1. The summed E-state index contributed by atoms with van der Waals surface area (Å²) in [6.07, 6.45) is 1.50. The van der Waals surface area contributed by atoms with E-state index in [1.165, 1.54) is 11.3 Å². The maximum atomic E-state index is 12.8. The van der Waals surface area contributed by atoms with E-state index in [1.807, 2.05) is 23.1 Å². The van der Waals surface area contributed by atoms with Gasteiger partial charge in [-0.05, 0) is 25.0 Å². The number of carbonyl (C=O) groups excluding carboxylic acids is 2. The van der Waals surface area contributed by atoms with Gasteiger partial charge in [-0.3, -0.25) is 9.59 Å². The highest BCUT2D eigenvalue weighted by molar-refractivity contribution is 7.17. The van der Waals surface area contributed by atoms with Gasteiger partial charge in [-0.1, -0.05) is 6.07 Å². The molecule has 2 fully saturated rings. The van der Waals surface area contributed by atoms with Crippen LogP contribution in [0.2, 0.25) is 0 Å². The SMILES string of the molecule is O=C1COC2(CCN(C(=O)c3cccc4ncsc34)CC2)CN1. The van der Waals surface area contributed by atoms with Crippen LogP contribution >= 0.6 is 11.3 Å². The van der Waals surface area contributed by atoms with E-state index in [9.17, 15) is 9.59 Å². The number of morpholine rings is 1. The molecule has 120 valence electrons. The molecule has 0 aliphatic carbocycles. The van der Waals surface area contributed by atoms with Crippen molar-refractivity contribution < 1.29 is 14.3 Å². The Hall–Kier alpha value is -1.99. The molecule has 0 saturated carbocycles. The number of hydrogen-bond acceptors (Lipinski definition) is 5. The number of nitrogens with one attached hydrogen (secondary N) is 1. The van der Waals surface area contributed by atoms with E-state index in [1.54, 1.807) is 5.51 Å². The van der Waals surface area contributed by atoms with E-state index in [4.69, 9.17) is 4.74 Å². The molecular weight excluding hydrogens is 314 g/mol. The van der Waals surface area contributed by atoms with Gasteiger partial charge >= 0.3 is 0 Å². The van der Waals surface area contributed by atoms with Gasteiger partial charge in [-0.15, -0.1) is 11.3 Å². The van der Waals surface area contributed by atoms with Crippen LogP contribution in [-0.2, 0) is 9.53 Å². The number of carbonyl (C=O) groups is 2. The average molecular weight is 331 g/mol. The molecule has 0 bridgehead atoms. The topological polar surface area (TPSA) is 71.5 Å². The molecule has 0 unspecified atom stereocenters. The molecule has 4 rings (SSSR count). The molecule has 0 atom stereocenters. The second kappa shape index (κ2) is 5.58. The van der Waals surface area contributed by atoms with Gasteiger partial charge in [0.05, 0.1) is 26.9 Å². The smallest absolute Gasteiger partial charge is 0.255 e. The van der Waals surface area contributed by atoms with Crippen LogP contribution in [-0.4, -0.2) is 53.5 Å². The van der Waals surface area contributed by atoms with Gasteiger partial charge in [0.25, 0.3) is 5.91 Å². The molecule has 23 heavy (non-hydrogen) atoms. The van der Waals surface area contributed by atoms with Crippen LogP contribution in [0.4, 0.5) is 0 Å². The Balaban J connectivity index is 1.49. The Bertz CT molecular complexity index is 753. The second-order valence-electron chi connectivity index (χ2n) is 6.05. The number of hydrogen-bond donors (Lipinski definition) is 1. The molecule has 7 heteroatoms. The monoisotopic (exact) mass is 331 g/mol. The predicted octanol–water partition coefficient (Wildman–Crippen LogP) is 1.42. The maximum absolute atomic E-state index is 12.8. The lowest BCUT2D eigenvalue weighted by Crippen LogP contribution is -2.58. The third-order valence-electron chi connectivity index (χ3n) is 4.67. The molecule has 2 aromatic rings. The lowest BCUT2D eigenvalue weighted by molar-refractivity contribution is -0.149. The zero-order chi connectivity index (χ0) is 15.9. The van der Waals surface area contributed by atoms with Gasteiger partial charge in [-0.2, -0.15) is 0 Å². The van der Waals surface area contributed by atoms with Gasteiger partial charge in [-0.25, -0.2) is 4.98 Å². The van der Waals surface area contributed by atoms with Crippen molar-refractivity contribution in [2.45, 2.75) is 18.4 Å². The lowest BCUT2D eigenvalue weighted by Gasteiger charge is -2.43. The standard InChI is InChI=1S/C16H17N3O3S/c20-13-8-22-16(9-17-13)4-6-19(7-5-16)15(21)11-2-1-3-12-14(11)23-10-18-12/h1-3,10H,4-9H2,(H,17,20). The Kier molecular flexibility index (Phi) is 3.54. The van der Waals surface area contributed by atoms with Crippen molar-refractivity contribution in [3.63, 3.8) is 0 Å². The molecule has 2 amide bonds. The summed E-state index contributed by atoms with van der Waals surface area (Å²) in [6.45, 7) is 1.94. The van der Waals surface area contributed by atoms with E-state index in [0.29, 0.717) is 19.6 Å². The average Bonchev–Trinajstić information content (AvgIpc) is 3.06. The summed E-state index contributed by atoms with van der Waals surface area (Å²) in [5.41, 5.74) is 3.05. The van der Waals surface area contributed by atoms with Crippen LogP contribution in [0.5, 0.6) is 0 Å². The molecule has 6 nitrogen and oxygen atoms in total. The zero-order valence-electron chi connectivity index (χ0n) is 12.6. The molecule has 1 aromatic carbocycles. The third kappa shape index (κ3) is 2.60. The second-order valence-corrected chi connectivity index (χ2v) is 6.90. The Morgan fingerprint density at radius 3 is 2.91 bits per heavy atom. The van der Waals surface area contributed by atoms with Crippen molar-refractivity contribution in [2.24, 2.45) is 0 Å². The van der Waals surface area contributed by atoms with Gasteiger partial charge in [0.1, 0.15) is 6.61 Å². The van der Waals surface area contributed by atoms with Gasteiger partial charge in [0, 0.05) is 19.6 Å². The molecule has 0 radical (unpaired) electrons. The van der Waals surface area contributed by atoms with Crippen molar-refractivity contribution in [1.82, 2.24) is 15.2 Å². The predicted molar refractivity (Wildman–Crippen MR) is 86.5 cm³/mol. The highest BCUT2D eigenvalue weighted by atomic mass is 32.1. The van der Waals surface area contributed by atoms with Crippen LogP contribution in [0.25, 0.3) is 10.2 Å². The molecule has 2 aliphatic rings. The first-order valence-electron chi connectivity index (χ1n) is 7.69. The molecule has 1 spiro atoms. The summed E-state index contributed by atoms with van der Waals surface area (Å²) in [6, 6.07) is 5.66. The fraction of sp³-hybridized carbons (Fsp3) is 0.438. The highest BCUT2D eigenvalue weighted by Gasteiger charge is 2.40. The third-order valence-corrected chi connectivity index (χ3v) is 5.54. The first kappa shape index (κ1) is 14.6. The van der Waals surface area contributed by atoms with E-state index in [0.717, 1.165) is 28.6 Å². The number of aromatic nitrogens is 1. The van der Waals surface area contributed by atoms with Crippen LogP contribution in [0, 0.1) is 0 Å². The van der Waals surface area contributed by atoms with Crippen LogP contribution < -0.4 is 5.32 Å². The number of ether oxygens (including phenoxy) is 1. The fourth-order valence-electron chi connectivity index (χ4n) is 3.24. The van der Waals surface area contributed by atoms with Crippen molar-refractivity contribution in [3.8, 4) is 0 Å². The molecule has 1 aromatic heterocycles. The number of thiazole rings is 1. The highest BCUT2D eigenvalue weighted by Crippen LogP contribution is 2.30. The minimum absolute atomic E-state index is 0.0505. The molecule has 2 saturated heterocycles. The van der Waals surface area contributed by atoms with Crippen molar-refractivity contribution in [1.29, 1.82) is 0 Å². The summed E-state index contributed by atoms with van der Waals surface area (Å²) in [5, 5.41) is 2.87. The minimum atomic E-state index is -0.304. The summed E-state index contributed by atoms with van der Waals surface area (Å²) in [5.74, 6) is -0.0134. The maximum Gasteiger partial charge on any atom is 0.255 e. The molecule has 3 heterocycles. The normalized spacial score (nSPS) is 20.7. The molecule has 1 N–H and O–H groups in total. The number of nitrogens with zero attached hydrogens (tertiary/aromatic N) is 2. The van der Waals surface area contributed by atoms with Crippen LogP contribution in [0.15, 0.2) is 23.7 Å². The Labute approximate surface area is 137 Å². The molecular formula is C16H17N3O3S. The largest absolute Gasteiger partial charge is 0.363 e. The number of amides is 2. The number of likely N-dealkylation sites (tertiary alicyclic amines) is 1. The summed E-state index contributed by atoms with van der Waals surface area (Å²) in [4.78, 5) is 30.2. The summed E-state index contributed by atoms with van der Waals surface area (Å²) >= 11 is 1.50. The minimum Gasteiger partial charge on any atom is -0.363 e. The lowest BCUT2D eigenvalue weighted by atomic mass is 9.89. The quantitative estimate of drug-likeness (QED) is 0.858. The van der Waals surface area contributed by atoms with Crippen LogP contribution in [0.1, 0.15) is 23.2 Å². The number of piperidine rings is 1. The zero-order valence-corrected chi connectivity index (χ0v) is 13.4. The van der Waals surface area contributed by atoms with E-state index >= 15 is 0 Å². The van der Waals surface area contributed by atoms with E-state index in [2.05, 4.69) is 10.3 Å². The van der Waals surface area contributed by atoms with E-state index in [-0.39, 0.29) is 24.0 Å². The van der Waals surface area contributed by atoms with Crippen molar-refractivity contribution in [2.75, 3.05) is 26.2 Å². The Morgan fingerprint density at radius 2 is 2.17 bits per heavy atom. The van der Waals surface area contributed by atoms with Crippen molar-refractivity contribution >= 4 is 33.4 Å². The van der Waals surface area contributed by atoms with Gasteiger partial charge < -0.3 is 15.0 Å². The summed E-state index contributed by atoms with van der Waals surface area (Å²) in [7, 11) is 0. The van der Waals surface area contributed by atoms with Gasteiger partial charge in [0.2, 0.25) is 5.91 Å².